The van der Waals surface area contributed by atoms with Crippen LogP contribution in [-0.2, 0) is 4.79 Å². The van der Waals surface area contributed by atoms with E-state index in [-0.39, 0.29) is 5.91 Å². The van der Waals surface area contributed by atoms with E-state index in [9.17, 15) is 4.79 Å². The lowest BCUT2D eigenvalue weighted by molar-refractivity contribution is -0.121. The Hall–Kier alpha value is -0.610. The van der Waals surface area contributed by atoms with E-state index >= 15 is 0 Å². The molecule has 0 saturated carbocycles. The van der Waals surface area contributed by atoms with Gasteiger partial charge in [0.1, 0.15) is 0 Å². The second-order valence-electron chi connectivity index (χ2n) is 6.62. The maximum absolute atomic E-state index is 11.8. The molecule has 1 rings (SSSR count). The fraction of sp³-hybridized carbons (Fsp3) is 0.944. The second-order valence-corrected chi connectivity index (χ2v) is 6.62. The smallest absolute Gasteiger partial charge is 0.221 e. The summed E-state index contributed by atoms with van der Waals surface area (Å²) in [5.74, 6) is 0.177. The summed E-state index contributed by atoms with van der Waals surface area (Å²) >= 11 is 0. The Labute approximate surface area is 137 Å². The van der Waals surface area contributed by atoms with Gasteiger partial charge in [0.2, 0.25) is 5.91 Å². The van der Waals surface area contributed by atoms with Crippen molar-refractivity contribution in [3.05, 3.63) is 0 Å². The first kappa shape index (κ1) is 19.4. The third-order valence-electron chi connectivity index (χ3n) is 4.56. The topological polar surface area (TPSA) is 58.4 Å². The van der Waals surface area contributed by atoms with Gasteiger partial charge in [0.25, 0.3) is 0 Å². The maximum Gasteiger partial charge on any atom is 0.221 e. The van der Waals surface area contributed by atoms with Crippen molar-refractivity contribution in [2.45, 2.75) is 77.0 Å². The van der Waals surface area contributed by atoms with Crippen LogP contribution < -0.4 is 11.1 Å². The Morgan fingerprint density at radius 3 is 1.86 bits per heavy atom. The Morgan fingerprint density at radius 1 is 0.864 bits per heavy atom. The largest absolute Gasteiger partial charge is 0.356 e. The minimum Gasteiger partial charge on any atom is -0.356 e. The molecule has 1 heterocycles. The van der Waals surface area contributed by atoms with Gasteiger partial charge in [0, 0.05) is 19.5 Å². The van der Waals surface area contributed by atoms with Gasteiger partial charge in [0.05, 0.1) is 0 Å². The molecule has 0 aromatic heterocycles. The highest BCUT2D eigenvalue weighted by molar-refractivity contribution is 5.75. The molecule has 1 amide bonds. The van der Waals surface area contributed by atoms with Crippen LogP contribution in [0.3, 0.4) is 0 Å². The van der Waals surface area contributed by atoms with Crippen molar-refractivity contribution in [2.24, 2.45) is 5.73 Å². The molecule has 1 aliphatic heterocycles. The molecule has 0 bridgehead atoms. The summed E-state index contributed by atoms with van der Waals surface area (Å²) in [5, 5.41) is 2.95. The average Bonchev–Trinajstić information content (AvgIpc) is 2.54. The predicted octanol–water partition coefficient (Wildman–Crippen LogP) is 3.06. The molecule has 22 heavy (non-hydrogen) atoms. The van der Waals surface area contributed by atoms with Gasteiger partial charge in [-0.15, -0.1) is 0 Å². The molecule has 130 valence electrons. The van der Waals surface area contributed by atoms with Crippen LogP contribution >= 0.6 is 0 Å². The van der Waals surface area contributed by atoms with Crippen molar-refractivity contribution in [1.29, 1.82) is 0 Å². The van der Waals surface area contributed by atoms with Crippen LogP contribution in [0, 0.1) is 0 Å². The van der Waals surface area contributed by atoms with Crippen LogP contribution in [0.5, 0.6) is 0 Å². The third kappa shape index (κ3) is 11.0. The lowest BCUT2D eigenvalue weighted by Gasteiger charge is -2.22. The normalized spacial score (nSPS) is 19.7. The number of hydrogen-bond donors (Lipinski definition) is 2. The highest BCUT2D eigenvalue weighted by Gasteiger charge is 2.08. The summed E-state index contributed by atoms with van der Waals surface area (Å²) in [6, 6.07) is 0. The van der Waals surface area contributed by atoms with Crippen LogP contribution in [0.4, 0.5) is 0 Å². The SMILES string of the molecule is NCCCNC(=O)CCN1CCCCCCCCCCCC1. The van der Waals surface area contributed by atoms with E-state index in [1.54, 1.807) is 0 Å². The quantitative estimate of drug-likeness (QED) is 0.741. The summed E-state index contributed by atoms with van der Waals surface area (Å²) in [6.07, 6.45) is 15.2. The highest BCUT2D eigenvalue weighted by atomic mass is 16.1. The molecular formula is C18H37N3O. The number of hydrogen-bond acceptors (Lipinski definition) is 3. The van der Waals surface area contributed by atoms with Crippen molar-refractivity contribution < 1.29 is 4.79 Å². The molecule has 4 nitrogen and oxygen atoms in total. The molecular weight excluding hydrogens is 274 g/mol. The minimum atomic E-state index is 0.177. The molecule has 0 aromatic rings. The minimum absolute atomic E-state index is 0.177. The number of carbonyl (C=O) groups is 1. The molecule has 0 aliphatic carbocycles. The molecule has 0 aromatic carbocycles. The number of rotatable bonds is 6. The van der Waals surface area contributed by atoms with E-state index in [2.05, 4.69) is 10.2 Å². The summed E-state index contributed by atoms with van der Waals surface area (Å²) < 4.78 is 0. The van der Waals surface area contributed by atoms with Crippen LogP contribution in [0.2, 0.25) is 0 Å². The van der Waals surface area contributed by atoms with E-state index in [4.69, 9.17) is 5.73 Å². The molecule has 0 spiro atoms. The fourth-order valence-corrected chi connectivity index (χ4v) is 3.10. The van der Waals surface area contributed by atoms with Gasteiger partial charge in [-0.2, -0.15) is 0 Å². The number of carbonyl (C=O) groups excluding carboxylic acids is 1. The van der Waals surface area contributed by atoms with Crippen molar-refractivity contribution >= 4 is 5.91 Å². The van der Waals surface area contributed by atoms with E-state index in [1.807, 2.05) is 0 Å². The lowest BCUT2D eigenvalue weighted by Crippen LogP contribution is -2.33. The van der Waals surface area contributed by atoms with Crippen molar-refractivity contribution in [3.63, 3.8) is 0 Å². The summed E-state index contributed by atoms with van der Waals surface area (Å²) in [5.41, 5.74) is 5.44. The van der Waals surface area contributed by atoms with Crippen LogP contribution in [0.25, 0.3) is 0 Å². The Kier molecular flexibility index (Phi) is 12.4. The number of nitrogens with one attached hydrogen (secondary N) is 1. The second kappa shape index (κ2) is 14.0. The Balaban J connectivity index is 2.22. The van der Waals surface area contributed by atoms with Crippen LogP contribution in [-0.4, -0.2) is 43.5 Å². The van der Waals surface area contributed by atoms with E-state index in [0.29, 0.717) is 13.0 Å². The van der Waals surface area contributed by atoms with Crippen LogP contribution in [0.1, 0.15) is 77.0 Å². The van der Waals surface area contributed by atoms with Gasteiger partial charge in [-0.25, -0.2) is 0 Å². The zero-order valence-electron chi connectivity index (χ0n) is 14.5. The van der Waals surface area contributed by atoms with Crippen LogP contribution in [0.15, 0.2) is 0 Å². The number of nitrogens with two attached hydrogens (primary N) is 1. The molecule has 0 radical (unpaired) electrons. The zero-order chi connectivity index (χ0) is 15.9. The van der Waals surface area contributed by atoms with Gasteiger partial charge >= 0.3 is 0 Å². The molecule has 0 atom stereocenters. The first-order valence-electron chi connectivity index (χ1n) is 9.52. The molecule has 1 saturated heterocycles. The highest BCUT2D eigenvalue weighted by Crippen LogP contribution is 2.13. The maximum atomic E-state index is 11.8. The van der Waals surface area contributed by atoms with Gasteiger partial charge in [-0.3, -0.25) is 4.79 Å². The zero-order valence-corrected chi connectivity index (χ0v) is 14.5. The van der Waals surface area contributed by atoms with Crippen molar-refractivity contribution in [2.75, 3.05) is 32.7 Å². The summed E-state index contributed by atoms with van der Waals surface area (Å²) in [4.78, 5) is 14.3. The number of nitrogens with zero attached hydrogens (tertiary/aromatic N) is 1. The monoisotopic (exact) mass is 311 g/mol. The Bertz CT molecular complexity index is 257. The molecule has 0 unspecified atom stereocenters. The average molecular weight is 312 g/mol. The summed E-state index contributed by atoms with van der Waals surface area (Å²) in [6.45, 7) is 4.60. The van der Waals surface area contributed by atoms with E-state index in [0.717, 1.165) is 32.6 Å². The molecule has 3 N–H and O–H groups in total. The van der Waals surface area contributed by atoms with Crippen molar-refractivity contribution in [3.8, 4) is 0 Å². The van der Waals surface area contributed by atoms with E-state index < -0.39 is 0 Å². The first-order chi connectivity index (χ1) is 10.8. The fourth-order valence-electron chi connectivity index (χ4n) is 3.10. The van der Waals surface area contributed by atoms with E-state index in [1.165, 1.54) is 64.2 Å². The lowest BCUT2D eigenvalue weighted by atomic mass is 10.1. The predicted molar refractivity (Wildman–Crippen MR) is 93.9 cm³/mol. The molecule has 1 fully saturated rings. The third-order valence-corrected chi connectivity index (χ3v) is 4.56. The van der Waals surface area contributed by atoms with Gasteiger partial charge in [0.15, 0.2) is 0 Å². The van der Waals surface area contributed by atoms with Gasteiger partial charge in [-0.1, -0.05) is 51.4 Å². The standard InChI is InChI=1S/C18H37N3O/c19-13-11-14-20-18(22)12-17-21-15-9-7-5-3-1-2-4-6-8-10-16-21/h1-17,19H2,(H,20,22). The summed E-state index contributed by atoms with van der Waals surface area (Å²) in [7, 11) is 0. The first-order valence-corrected chi connectivity index (χ1v) is 9.52. The van der Waals surface area contributed by atoms with Gasteiger partial charge < -0.3 is 16.0 Å². The van der Waals surface area contributed by atoms with Crippen molar-refractivity contribution in [1.82, 2.24) is 10.2 Å². The molecule has 1 aliphatic rings. The Morgan fingerprint density at radius 2 is 1.36 bits per heavy atom. The van der Waals surface area contributed by atoms with Gasteiger partial charge in [-0.05, 0) is 38.9 Å². The molecule has 4 heteroatoms. The number of amides is 1.